The van der Waals surface area contributed by atoms with Gasteiger partial charge in [0.25, 0.3) is 0 Å². The van der Waals surface area contributed by atoms with Crippen LogP contribution in [0.2, 0.25) is 0 Å². The van der Waals surface area contributed by atoms with Gasteiger partial charge in [0.15, 0.2) is 0 Å². The van der Waals surface area contributed by atoms with Crippen molar-refractivity contribution in [2.45, 2.75) is 19.2 Å². The van der Waals surface area contributed by atoms with E-state index in [9.17, 15) is 13.2 Å². The Labute approximate surface area is 183 Å². The van der Waals surface area contributed by atoms with E-state index >= 15 is 0 Å². The lowest BCUT2D eigenvalue weighted by Crippen LogP contribution is -2.05. The molecule has 4 rings (SSSR count). The van der Waals surface area contributed by atoms with Gasteiger partial charge in [-0.2, -0.15) is 13.2 Å². The highest BCUT2D eigenvalue weighted by atomic mass is 19.4. The number of nitrogens with zero attached hydrogens (tertiary/aromatic N) is 2. The Morgan fingerprint density at radius 1 is 0.750 bits per heavy atom. The van der Waals surface area contributed by atoms with Gasteiger partial charge in [0, 0.05) is 24.5 Å². The largest absolute Gasteiger partial charge is 0.489 e. The topological polar surface area (TPSA) is 47.0 Å². The molecular formula is C25H20F3N3O. The second-order valence-electron chi connectivity index (χ2n) is 7.22. The molecule has 1 aromatic heterocycles. The van der Waals surface area contributed by atoms with Crippen LogP contribution in [0.4, 0.5) is 24.8 Å². The monoisotopic (exact) mass is 435 g/mol. The lowest BCUT2D eigenvalue weighted by molar-refractivity contribution is -0.137. The maximum Gasteiger partial charge on any atom is 0.416 e. The average molecular weight is 435 g/mol. The van der Waals surface area contributed by atoms with Gasteiger partial charge in [0.1, 0.15) is 12.4 Å². The van der Waals surface area contributed by atoms with Crippen LogP contribution in [-0.4, -0.2) is 9.97 Å². The number of halogens is 3. The predicted molar refractivity (Wildman–Crippen MR) is 117 cm³/mol. The molecule has 1 heterocycles. The van der Waals surface area contributed by atoms with Gasteiger partial charge in [-0.15, -0.1) is 0 Å². The molecule has 3 aromatic carbocycles. The van der Waals surface area contributed by atoms with Gasteiger partial charge in [-0.1, -0.05) is 48.5 Å². The minimum atomic E-state index is -4.40. The summed E-state index contributed by atoms with van der Waals surface area (Å²) in [6, 6.07) is 22.7. The molecule has 0 aliphatic carbocycles. The van der Waals surface area contributed by atoms with Crippen molar-refractivity contribution in [3.05, 3.63) is 114 Å². The molecule has 0 aliphatic heterocycles. The van der Waals surface area contributed by atoms with Crippen LogP contribution < -0.4 is 10.1 Å². The van der Waals surface area contributed by atoms with Crippen LogP contribution in [-0.2, 0) is 19.2 Å². The quantitative estimate of drug-likeness (QED) is 0.364. The molecule has 4 nitrogen and oxygen atoms in total. The molecule has 0 radical (unpaired) electrons. The summed E-state index contributed by atoms with van der Waals surface area (Å²) in [6.07, 6.45) is -0.491. The number of aromatic nitrogens is 2. The van der Waals surface area contributed by atoms with Crippen molar-refractivity contribution in [3.8, 4) is 5.75 Å². The van der Waals surface area contributed by atoms with Gasteiger partial charge in [-0.3, -0.25) is 0 Å². The molecule has 0 atom stereocenters. The Bertz CT molecular complexity index is 1160. The first-order valence-electron chi connectivity index (χ1n) is 9.96. The number of benzene rings is 3. The molecule has 7 heteroatoms. The normalized spacial score (nSPS) is 11.2. The number of anilines is 2. The number of ether oxygens (including phenoxy) is 1. The Balaban J connectivity index is 1.38. The summed E-state index contributed by atoms with van der Waals surface area (Å²) in [5.41, 5.74) is 2.55. The smallest absolute Gasteiger partial charge is 0.416 e. The molecule has 4 aromatic rings. The van der Waals surface area contributed by atoms with Crippen LogP contribution in [0.25, 0.3) is 0 Å². The van der Waals surface area contributed by atoms with E-state index in [4.69, 9.17) is 4.74 Å². The molecule has 32 heavy (non-hydrogen) atoms. The van der Waals surface area contributed by atoms with Crippen LogP contribution in [0.1, 0.15) is 22.3 Å². The van der Waals surface area contributed by atoms with Crippen molar-refractivity contribution >= 4 is 11.6 Å². The highest BCUT2D eigenvalue weighted by molar-refractivity contribution is 5.54. The highest BCUT2D eigenvalue weighted by Gasteiger charge is 2.30. The molecule has 0 aliphatic rings. The Morgan fingerprint density at radius 3 is 2.22 bits per heavy atom. The van der Waals surface area contributed by atoms with E-state index in [1.54, 1.807) is 12.4 Å². The van der Waals surface area contributed by atoms with Gasteiger partial charge in [-0.25, -0.2) is 9.97 Å². The molecule has 1 N–H and O–H groups in total. The van der Waals surface area contributed by atoms with Gasteiger partial charge in [0.05, 0.1) is 5.56 Å². The minimum absolute atomic E-state index is 0.230. The first kappa shape index (κ1) is 21.4. The van der Waals surface area contributed by atoms with E-state index in [1.807, 2.05) is 54.6 Å². The van der Waals surface area contributed by atoms with Crippen molar-refractivity contribution in [2.75, 3.05) is 5.32 Å². The molecular weight excluding hydrogens is 415 g/mol. The molecule has 0 amide bonds. The van der Waals surface area contributed by atoms with Crippen molar-refractivity contribution < 1.29 is 17.9 Å². The zero-order chi connectivity index (χ0) is 22.4. The van der Waals surface area contributed by atoms with Crippen LogP contribution in [0.3, 0.4) is 0 Å². The summed E-state index contributed by atoms with van der Waals surface area (Å²) in [5, 5.41) is 2.81. The maximum atomic E-state index is 12.9. The second-order valence-corrected chi connectivity index (χ2v) is 7.22. The zero-order valence-corrected chi connectivity index (χ0v) is 17.0. The molecule has 162 valence electrons. The fourth-order valence-corrected chi connectivity index (χ4v) is 3.13. The minimum Gasteiger partial charge on any atom is -0.489 e. The number of hydrogen-bond acceptors (Lipinski definition) is 4. The van der Waals surface area contributed by atoms with Crippen LogP contribution >= 0.6 is 0 Å². The molecule has 0 fully saturated rings. The summed E-state index contributed by atoms with van der Waals surface area (Å²) < 4.78 is 44.5. The Morgan fingerprint density at radius 2 is 1.47 bits per heavy atom. The van der Waals surface area contributed by atoms with Crippen molar-refractivity contribution in [3.63, 3.8) is 0 Å². The molecule has 0 unspecified atom stereocenters. The van der Waals surface area contributed by atoms with Crippen molar-refractivity contribution in [2.24, 2.45) is 0 Å². The van der Waals surface area contributed by atoms with E-state index in [0.29, 0.717) is 13.0 Å². The first-order valence-corrected chi connectivity index (χ1v) is 9.96. The van der Waals surface area contributed by atoms with Crippen LogP contribution in [0, 0.1) is 0 Å². The number of nitrogens with one attached hydrogen (secondary N) is 1. The Kier molecular flexibility index (Phi) is 6.35. The van der Waals surface area contributed by atoms with E-state index in [-0.39, 0.29) is 11.6 Å². The van der Waals surface area contributed by atoms with Crippen LogP contribution in [0.15, 0.2) is 91.3 Å². The fourth-order valence-electron chi connectivity index (χ4n) is 3.13. The van der Waals surface area contributed by atoms with E-state index in [0.717, 1.165) is 34.6 Å². The van der Waals surface area contributed by atoms with Gasteiger partial charge in [-0.05, 0) is 47.0 Å². The number of alkyl halides is 3. The molecule has 0 bridgehead atoms. The standard InChI is InChI=1S/C25H20F3N3O/c26-25(27,28)21-9-5-10-22(14-21)31-24-29-15-20(16-30-24)12-19-8-4-11-23(13-19)32-17-18-6-2-1-3-7-18/h1-11,13-16H,12,17H2,(H,29,30,31). The molecule has 0 spiro atoms. The average Bonchev–Trinajstić information content (AvgIpc) is 2.80. The number of rotatable bonds is 7. The fraction of sp³-hybridized carbons (Fsp3) is 0.120. The van der Waals surface area contributed by atoms with Gasteiger partial charge < -0.3 is 10.1 Å². The van der Waals surface area contributed by atoms with E-state index < -0.39 is 11.7 Å². The third-order valence-electron chi connectivity index (χ3n) is 4.71. The van der Waals surface area contributed by atoms with Crippen LogP contribution in [0.5, 0.6) is 5.75 Å². The Hall–Kier alpha value is -3.87. The summed E-state index contributed by atoms with van der Waals surface area (Å²) in [5.74, 6) is 1.00. The summed E-state index contributed by atoms with van der Waals surface area (Å²) in [7, 11) is 0. The zero-order valence-electron chi connectivity index (χ0n) is 17.0. The molecule has 0 saturated carbocycles. The van der Waals surface area contributed by atoms with Crippen molar-refractivity contribution in [1.29, 1.82) is 0 Å². The van der Waals surface area contributed by atoms with E-state index in [1.165, 1.54) is 12.1 Å². The summed E-state index contributed by atoms with van der Waals surface area (Å²) in [4.78, 5) is 8.45. The second kappa shape index (κ2) is 9.51. The summed E-state index contributed by atoms with van der Waals surface area (Å²) >= 11 is 0. The van der Waals surface area contributed by atoms with Gasteiger partial charge >= 0.3 is 6.18 Å². The highest BCUT2D eigenvalue weighted by Crippen LogP contribution is 2.31. The van der Waals surface area contributed by atoms with Gasteiger partial charge in [0.2, 0.25) is 5.95 Å². The first-order chi connectivity index (χ1) is 15.5. The summed E-state index contributed by atoms with van der Waals surface area (Å²) in [6.45, 7) is 0.489. The lowest BCUT2D eigenvalue weighted by Gasteiger charge is -2.10. The predicted octanol–water partition coefficient (Wildman–Crippen LogP) is 6.41. The van der Waals surface area contributed by atoms with E-state index in [2.05, 4.69) is 15.3 Å². The maximum absolute atomic E-state index is 12.9. The third-order valence-corrected chi connectivity index (χ3v) is 4.71. The molecule has 0 saturated heterocycles. The number of hydrogen-bond donors (Lipinski definition) is 1. The van der Waals surface area contributed by atoms with Crippen molar-refractivity contribution in [1.82, 2.24) is 9.97 Å². The third kappa shape index (κ3) is 5.85. The SMILES string of the molecule is FC(F)(F)c1cccc(Nc2ncc(Cc3cccc(OCc4ccccc4)c3)cn2)c1. The lowest BCUT2D eigenvalue weighted by atomic mass is 10.1.